The smallest absolute Gasteiger partial charge is 0.221 e. The van der Waals surface area contributed by atoms with Crippen molar-refractivity contribution >= 4 is 29.0 Å². The number of amides is 1. The van der Waals surface area contributed by atoms with Crippen LogP contribution in [-0.4, -0.2) is 24.0 Å². The number of benzene rings is 1. The maximum atomic E-state index is 10.9. The molecule has 1 amide bonds. The van der Waals surface area contributed by atoms with Crippen LogP contribution in [-0.2, 0) is 4.79 Å². The lowest BCUT2D eigenvalue weighted by atomic mass is 10.1. The van der Waals surface area contributed by atoms with Gasteiger partial charge in [0.15, 0.2) is 0 Å². The molecule has 92 valence electrons. The van der Waals surface area contributed by atoms with E-state index in [1.165, 1.54) is 24.9 Å². The van der Waals surface area contributed by atoms with Crippen LogP contribution in [0.2, 0.25) is 0 Å². The maximum absolute atomic E-state index is 10.9. The molecule has 17 heavy (non-hydrogen) atoms. The minimum Gasteiger partial charge on any atom is -0.385 e. The highest BCUT2D eigenvalue weighted by Crippen LogP contribution is 2.24. The van der Waals surface area contributed by atoms with Gasteiger partial charge in [-0.1, -0.05) is 0 Å². The topological polar surface area (TPSA) is 41.1 Å². The van der Waals surface area contributed by atoms with E-state index >= 15 is 0 Å². The Morgan fingerprint density at radius 3 is 2.65 bits per heavy atom. The van der Waals surface area contributed by atoms with Crippen LogP contribution in [0.4, 0.5) is 11.4 Å². The van der Waals surface area contributed by atoms with E-state index in [2.05, 4.69) is 10.6 Å². The van der Waals surface area contributed by atoms with Gasteiger partial charge in [0.1, 0.15) is 0 Å². The number of carbonyl (C=O) groups excluding carboxylic acids is 1. The van der Waals surface area contributed by atoms with E-state index in [9.17, 15) is 4.79 Å². The molecule has 2 N–H and O–H groups in total. The largest absolute Gasteiger partial charge is 0.385 e. The number of thioether (sulfide) groups is 1. The molecule has 1 aromatic rings. The van der Waals surface area contributed by atoms with Gasteiger partial charge < -0.3 is 10.6 Å². The quantitative estimate of drug-likeness (QED) is 0.863. The molecular formula is C13H18N2OS. The van der Waals surface area contributed by atoms with Gasteiger partial charge in [-0.3, -0.25) is 4.79 Å². The molecule has 1 heterocycles. The second kappa shape index (κ2) is 5.96. The van der Waals surface area contributed by atoms with Crippen molar-refractivity contribution in [2.45, 2.75) is 13.3 Å². The third kappa shape index (κ3) is 3.97. The first-order chi connectivity index (χ1) is 8.24. The zero-order valence-electron chi connectivity index (χ0n) is 10.0. The summed E-state index contributed by atoms with van der Waals surface area (Å²) in [6.07, 6.45) is 1.32. The Morgan fingerprint density at radius 1 is 1.35 bits per heavy atom. The number of rotatable bonds is 4. The predicted octanol–water partition coefficient (Wildman–Crippen LogP) is 2.81. The first-order valence-corrected chi connectivity index (χ1v) is 7.09. The summed E-state index contributed by atoms with van der Waals surface area (Å²) < 4.78 is 0. The molecule has 0 bridgehead atoms. The number of hydrogen-bond donors (Lipinski definition) is 2. The summed E-state index contributed by atoms with van der Waals surface area (Å²) in [6.45, 7) is 2.57. The Hall–Kier alpha value is -1.16. The summed E-state index contributed by atoms with van der Waals surface area (Å²) in [5, 5.41) is 6.20. The molecule has 1 aromatic carbocycles. The second-order valence-electron chi connectivity index (χ2n) is 4.37. The van der Waals surface area contributed by atoms with Crippen molar-refractivity contribution < 1.29 is 4.79 Å². The summed E-state index contributed by atoms with van der Waals surface area (Å²) in [4.78, 5) is 10.9. The molecule has 0 aliphatic carbocycles. The first-order valence-electron chi connectivity index (χ1n) is 5.93. The summed E-state index contributed by atoms with van der Waals surface area (Å²) in [6, 6.07) is 7.86. The molecule has 1 aliphatic rings. The Balaban J connectivity index is 1.82. The molecule has 1 fully saturated rings. The highest BCUT2D eigenvalue weighted by atomic mass is 32.2. The number of carbonyl (C=O) groups is 1. The summed E-state index contributed by atoms with van der Waals surface area (Å²) in [7, 11) is 0. The van der Waals surface area contributed by atoms with Gasteiger partial charge in [0.25, 0.3) is 0 Å². The molecular weight excluding hydrogens is 232 g/mol. The van der Waals surface area contributed by atoms with Gasteiger partial charge >= 0.3 is 0 Å². The zero-order valence-corrected chi connectivity index (χ0v) is 10.8. The fraction of sp³-hybridized carbons (Fsp3) is 0.462. The van der Waals surface area contributed by atoms with Crippen molar-refractivity contribution in [1.82, 2.24) is 0 Å². The van der Waals surface area contributed by atoms with Gasteiger partial charge in [-0.2, -0.15) is 11.8 Å². The number of hydrogen-bond acceptors (Lipinski definition) is 3. The third-order valence-corrected chi connectivity index (χ3v) is 4.06. The zero-order chi connectivity index (χ0) is 12.1. The van der Waals surface area contributed by atoms with Crippen molar-refractivity contribution in [3.63, 3.8) is 0 Å². The van der Waals surface area contributed by atoms with E-state index in [1.807, 2.05) is 36.0 Å². The SMILES string of the molecule is CC(=O)Nc1ccc(NCC2CCSC2)cc1. The monoisotopic (exact) mass is 250 g/mol. The van der Waals surface area contributed by atoms with E-state index in [0.717, 1.165) is 23.8 Å². The Labute approximate surface area is 106 Å². The standard InChI is InChI=1S/C13H18N2OS/c1-10(16)15-13-4-2-12(3-5-13)14-8-11-6-7-17-9-11/h2-5,11,14H,6-9H2,1H3,(H,15,16). The molecule has 1 unspecified atom stereocenters. The van der Waals surface area contributed by atoms with E-state index in [1.54, 1.807) is 0 Å². The van der Waals surface area contributed by atoms with Crippen molar-refractivity contribution in [2.75, 3.05) is 28.7 Å². The third-order valence-electron chi connectivity index (χ3n) is 2.82. The minimum absolute atomic E-state index is 0.0336. The molecule has 0 radical (unpaired) electrons. The van der Waals surface area contributed by atoms with Crippen molar-refractivity contribution in [1.29, 1.82) is 0 Å². The van der Waals surface area contributed by atoms with Gasteiger partial charge in [-0.25, -0.2) is 0 Å². The normalized spacial score (nSPS) is 19.0. The molecule has 3 nitrogen and oxygen atoms in total. The predicted molar refractivity (Wildman–Crippen MR) is 74.7 cm³/mol. The lowest BCUT2D eigenvalue weighted by molar-refractivity contribution is -0.114. The van der Waals surface area contributed by atoms with Crippen LogP contribution < -0.4 is 10.6 Å². The average molecular weight is 250 g/mol. The van der Waals surface area contributed by atoms with Crippen molar-refractivity contribution in [2.24, 2.45) is 5.92 Å². The summed E-state index contributed by atoms with van der Waals surface area (Å²) in [5.41, 5.74) is 1.97. The van der Waals surface area contributed by atoms with E-state index in [-0.39, 0.29) is 5.91 Å². The van der Waals surface area contributed by atoms with Crippen molar-refractivity contribution in [3.05, 3.63) is 24.3 Å². The van der Waals surface area contributed by atoms with Crippen LogP contribution in [0.25, 0.3) is 0 Å². The van der Waals surface area contributed by atoms with Crippen LogP contribution >= 0.6 is 11.8 Å². The maximum Gasteiger partial charge on any atom is 0.221 e. The second-order valence-corrected chi connectivity index (χ2v) is 5.52. The van der Waals surface area contributed by atoms with Gasteiger partial charge in [0.05, 0.1) is 0 Å². The van der Waals surface area contributed by atoms with E-state index < -0.39 is 0 Å². The Bertz CT molecular complexity index is 372. The highest BCUT2D eigenvalue weighted by Gasteiger charge is 2.14. The summed E-state index contributed by atoms with van der Waals surface area (Å²) >= 11 is 2.04. The fourth-order valence-corrected chi connectivity index (χ4v) is 3.17. The fourth-order valence-electron chi connectivity index (χ4n) is 1.88. The number of nitrogens with one attached hydrogen (secondary N) is 2. The molecule has 1 aliphatic heterocycles. The molecule has 1 saturated heterocycles. The van der Waals surface area contributed by atoms with Gasteiger partial charge in [-0.15, -0.1) is 0 Å². The van der Waals surface area contributed by atoms with Crippen LogP contribution in [0.5, 0.6) is 0 Å². The highest BCUT2D eigenvalue weighted by molar-refractivity contribution is 7.99. The van der Waals surface area contributed by atoms with E-state index in [0.29, 0.717) is 0 Å². The molecule has 0 spiro atoms. The van der Waals surface area contributed by atoms with Crippen LogP contribution in [0.15, 0.2) is 24.3 Å². The van der Waals surface area contributed by atoms with Crippen LogP contribution in [0.3, 0.4) is 0 Å². The van der Waals surface area contributed by atoms with Crippen molar-refractivity contribution in [3.8, 4) is 0 Å². The van der Waals surface area contributed by atoms with Gasteiger partial charge in [0, 0.05) is 24.8 Å². The molecule has 1 atom stereocenters. The molecule has 4 heteroatoms. The van der Waals surface area contributed by atoms with Gasteiger partial charge in [-0.05, 0) is 48.1 Å². The lowest BCUT2D eigenvalue weighted by Gasteiger charge is -2.11. The Kier molecular flexibility index (Phi) is 4.31. The summed E-state index contributed by atoms with van der Waals surface area (Å²) in [5.74, 6) is 3.34. The lowest BCUT2D eigenvalue weighted by Crippen LogP contribution is -2.13. The first kappa shape index (κ1) is 12.3. The average Bonchev–Trinajstić information content (AvgIpc) is 2.80. The Morgan fingerprint density at radius 2 is 2.06 bits per heavy atom. The molecule has 0 saturated carbocycles. The minimum atomic E-state index is -0.0336. The van der Waals surface area contributed by atoms with Crippen LogP contribution in [0.1, 0.15) is 13.3 Å². The number of anilines is 2. The van der Waals surface area contributed by atoms with Gasteiger partial charge in [0.2, 0.25) is 5.91 Å². The van der Waals surface area contributed by atoms with Crippen LogP contribution in [0, 0.1) is 5.92 Å². The molecule has 0 aromatic heterocycles. The molecule has 2 rings (SSSR count). The van der Waals surface area contributed by atoms with E-state index in [4.69, 9.17) is 0 Å².